The van der Waals surface area contributed by atoms with Crippen molar-refractivity contribution in [2.75, 3.05) is 18.1 Å². The molecule has 5 nitrogen and oxygen atoms in total. The van der Waals surface area contributed by atoms with Gasteiger partial charge >= 0.3 is 11.9 Å². The molecule has 1 N–H and O–H groups in total. The van der Waals surface area contributed by atoms with Crippen molar-refractivity contribution in [2.24, 2.45) is 0 Å². The number of rotatable bonds is 6. The number of hydrogen-bond acceptors (Lipinski definition) is 4. The lowest BCUT2D eigenvalue weighted by Crippen LogP contribution is -2.13. The van der Waals surface area contributed by atoms with Gasteiger partial charge in [0.2, 0.25) is 0 Å². The molecule has 0 aromatic heterocycles. The van der Waals surface area contributed by atoms with Crippen LogP contribution in [-0.4, -0.2) is 30.2 Å². The van der Waals surface area contributed by atoms with E-state index in [1.807, 2.05) is 24.3 Å². The van der Waals surface area contributed by atoms with Crippen LogP contribution in [0.25, 0.3) is 6.08 Å². The number of allylic oxidation sites excluding steroid dienone is 3. The second-order valence-electron chi connectivity index (χ2n) is 6.16. The largest absolute Gasteiger partial charge is 0.481 e. The summed E-state index contributed by atoms with van der Waals surface area (Å²) in [5, 5.41) is 9.00. The van der Waals surface area contributed by atoms with E-state index in [0.29, 0.717) is 0 Å². The number of fused-ring (bicyclic) bond motifs is 1. The molecule has 0 saturated heterocycles. The van der Waals surface area contributed by atoms with Gasteiger partial charge in [-0.05, 0) is 48.3 Å². The maximum absolute atomic E-state index is 11.9. The van der Waals surface area contributed by atoms with E-state index >= 15 is 0 Å². The van der Waals surface area contributed by atoms with Crippen LogP contribution in [0.2, 0.25) is 0 Å². The molecule has 26 heavy (non-hydrogen) atoms. The molecule has 0 unspecified atom stereocenters. The van der Waals surface area contributed by atoms with E-state index in [0.717, 1.165) is 24.2 Å². The molecule has 0 amide bonds. The molecule has 3 rings (SSSR count). The number of carbonyl (C=O) groups is 2. The van der Waals surface area contributed by atoms with Gasteiger partial charge in [0, 0.05) is 24.0 Å². The third kappa shape index (κ3) is 4.11. The Kier molecular flexibility index (Phi) is 5.37. The Labute approximate surface area is 152 Å². The van der Waals surface area contributed by atoms with Crippen LogP contribution in [0.5, 0.6) is 0 Å². The smallest absolute Gasteiger partial charge is 0.334 e. The van der Waals surface area contributed by atoms with Crippen LogP contribution in [0, 0.1) is 0 Å². The van der Waals surface area contributed by atoms with Crippen LogP contribution in [-0.2, 0) is 14.3 Å². The summed E-state index contributed by atoms with van der Waals surface area (Å²) in [7, 11) is 0. The van der Waals surface area contributed by atoms with Crippen LogP contribution in [0.4, 0.5) is 5.69 Å². The highest BCUT2D eigenvalue weighted by Gasteiger charge is 2.19. The Morgan fingerprint density at radius 1 is 1.23 bits per heavy atom. The van der Waals surface area contributed by atoms with Crippen molar-refractivity contribution in [2.45, 2.75) is 19.8 Å². The van der Waals surface area contributed by atoms with Crippen LogP contribution >= 0.6 is 0 Å². The zero-order valence-electron chi connectivity index (χ0n) is 14.6. The number of carbonyl (C=O) groups excluding carboxylic acids is 1. The summed E-state index contributed by atoms with van der Waals surface area (Å²) in [5.74, 6) is -1.65. The van der Waals surface area contributed by atoms with Gasteiger partial charge in [-0.1, -0.05) is 30.4 Å². The van der Waals surface area contributed by atoms with Gasteiger partial charge in [-0.25, -0.2) is 4.79 Å². The second kappa shape index (κ2) is 7.87. The highest BCUT2D eigenvalue weighted by molar-refractivity contribution is 5.98. The molecule has 134 valence electrons. The summed E-state index contributed by atoms with van der Waals surface area (Å²) in [5.41, 5.74) is 4.63. The molecular formula is C21H21NO4. The van der Waals surface area contributed by atoms with Crippen molar-refractivity contribution >= 4 is 23.7 Å². The first kappa shape index (κ1) is 17.7. The molecule has 0 fully saturated rings. The maximum atomic E-state index is 11.9. The summed E-state index contributed by atoms with van der Waals surface area (Å²) >= 11 is 0. The molecule has 1 aliphatic heterocycles. The van der Waals surface area contributed by atoms with E-state index in [4.69, 9.17) is 9.84 Å². The normalized spacial score (nSPS) is 16.0. The fourth-order valence-electron chi connectivity index (χ4n) is 3.02. The van der Waals surface area contributed by atoms with E-state index in [9.17, 15) is 9.59 Å². The second-order valence-corrected chi connectivity index (χ2v) is 6.16. The third-order valence-corrected chi connectivity index (χ3v) is 4.28. The van der Waals surface area contributed by atoms with Crippen molar-refractivity contribution in [1.29, 1.82) is 0 Å². The lowest BCUT2D eigenvalue weighted by molar-refractivity contribution is -0.142. The van der Waals surface area contributed by atoms with Gasteiger partial charge < -0.3 is 14.7 Å². The Hall–Kier alpha value is -3.08. The molecule has 1 aliphatic carbocycles. The zero-order chi connectivity index (χ0) is 18.5. The first-order valence-corrected chi connectivity index (χ1v) is 8.59. The van der Waals surface area contributed by atoms with Crippen molar-refractivity contribution in [3.8, 4) is 0 Å². The first-order chi connectivity index (χ1) is 12.6. The van der Waals surface area contributed by atoms with E-state index < -0.39 is 11.9 Å². The zero-order valence-corrected chi connectivity index (χ0v) is 14.6. The van der Waals surface area contributed by atoms with Gasteiger partial charge in [-0.3, -0.25) is 4.79 Å². The third-order valence-electron chi connectivity index (χ3n) is 4.28. The van der Waals surface area contributed by atoms with Crippen LogP contribution in [0.3, 0.4) is 0 Å². The van der Waals surface area contributed by atoms with E-state index in [2.05, 4.69) is 29.3 Å². The molecule has 0 spiro atoms. The van der Waals surface area contributed by atoms with E-state index in [-0.39, 0.29) is 18.6 Å². The van der Waals surface area contributed by atoms with Gasteiger partial charge in [0.25, 0.3) is 0 Å². The Bertz CT molecular complexity index is 828. The number of esters is 1. The lowest BCUT2D eigenvalue weighted by atomic mass is 10.0. The monoisotopic (exact) mass is 351 g/mol. The van der Waals surface area contributed by atoms with E-state index in [1.54, 1.807) is 13.0 Å². The van der Waals surface area contributed by atoms with Gasteiger partial charge in [0.15, 0.2) is 0 Å². The summed E-state index contributed by atoms with van der Waals surface area (Å²) in [6, 6.07) is 7.70. The lowest BCUT2D eigenvalue weighted by Gasteiger charge is -2.16. The molecular weight excluding hydrogens is 330 g/mol. The molecule has 5 heteroatoms. The SMILES string of the molecule is CCOC(=O)C(=Cc1ccc(N2C=C3CC=CC=C3C2)cc1)CC(=O)O. The number of anilines is 1. The Morgan fingerprint density at radius 2 is 2.00 bits per heavy atom. The Morgan fingerprint density at radius 3 is 2.65 bits per heavy atom. The summed E-state index contributed by atoms with van der Waals surface area (Å²) in [6.45, 7) is 2.75. The number of nitrogens with zero attached hydrogens (tertiary/aromatic N) is 1. The minimum atomic E-state index is -1.06. The topological polar surface area (TPSA) is 66.8 Å². The average Bonchev–Trinajstić information content (AvgIpc) is 3.06. The quantitative estimate of drug-likeness (QED) is 0.625. The molecule has 2 aliphatic rings. The number of carboxylic acids is 1. The molecule has 1 aromatic carbocycles. The fourth-order valence-corrected chi connectivity index (χ4v) is 3.02. The number of ether oxygens (including phenoxy) is 1. The van der Waals surface area contributed by atoms with Crippen molar-refractivity contribution < 1.29 is 19.4 Å². The predicted octanol–water partition coefficient (Wildman–Crippen LogP) is 3.70. The molecule has 1 aromatic rings. The minimum Gasteiger partial charge on any atom is -0.481 e. The molecule has 1 heterocycles. The fraction of sp³-hybridized carbons (Fsp3) is 0.238. The van der Waals surface area contributed by atoms with Crippen LogP contribution < -0.4 is 4.90 Å². The van der Waals surface area contributed by atoms with Crippen molar-refractivity contribution in [3.63, 3.8) is 0 Å². The average molecular weight is 351 g/mol. The first-order valence-electron chi connectivity index (χ1n) is 8.59. The molecule has 0 atom stereocenters. The van der Waals surface area contributed by atoms with Crippen LogP contribution in [0.15, 0.2) is 65.4 Å². The van der Waals surface area contributed by atoms with Gasteiger partial charge in [-0.2, -0.15) is 0 Å². The number of aliphatic carboxylic acids is 1. The highest BCUT2D eigenvalue weighted by atomic mass is 16.5. The van der Waals surface area contributed by atoms with Gasteiger partial charge in [0.1, 0.15) is 0 Å². The summed E-state index contributed by atoms with van der Waals surface area (Å²) < 4.78 is 4.94. The summed E-state index contributed by atoms with van der Waals surface area (Å²) in [4.78, 5) is 25.1. The standard InChI is InChI=1S/C21H21NO4/c1-2-26-21(25)18(12-20(23)24)11-15-7-9-19(10-8-15)22-13-16-5-3-4-6-17(16)14-22/h3-5,7-11,14H,2,6,12-13H2,1H3,(H,23,24). The highest BCUT2D eigenvalue weighted by Crippen LogP contribution is 2.31. The Balaban J connectivity index is 1.77. The summed E-state index contributed by atoms with van der Waals surface area (Å²) in [6.07, 6.45) is 10.7. The number of hydrogen-bond donors (Lipinski definition) is 1. The number of carboxylic acid groups (broad SMARTS) is 1. The van der Waals surface area contributed by atoms with Gasteiger partial charge in [0.05, 0.1) is 13.0 Å². The molecule has 0 radical (unpaired) electrons. The minimum absolute atomic E-state index is 0.137. The number of benzene rings is 1. The van der Waals surface area contributed by atoms with Crippen molar-refractivity contribution in [1.82, 2.24) is 0 Å². The van der Waals surface area contributed by atoms with Crippen molar-refractivity contribution in [3.05, 3.63) is 71.0 Å². The molecule has 0 bridgehead atoms. The van der Waals surface area contributed by atoms with Crippen LogP contribution in [0.1, 0.15) is 25.3 Å². The van der Waals surface area contributed by atoms with Gasteiger partial charge in [-0.15, -0.1) is 0 Å². The molecule has 0 saturated carbocycles. The predicted molar refractivity (Wildman–Crippen MR) is 101 cm³/mol. The van der Waals surface area contributed by atoms with E-state index in [1.165, 1.54) is 11.1 Å². The maximum Gasteiger partial charge on any atom is 0.334 e.